The van der Waals surface area contributed by atoms with Crippen molar-refractivity contribution >= 4 is 21.7 Å². The molecule has 0 saturated carbocycles. The number of benzene rings is 1. The van der Waals surface area contributed by atoms with Crippen LogP contribution in [0.25, 0.3) is 0 Å². The van der Waals surface area contributed by atoms with Crippen molar-refractivity contribution in [3.63, 3.8) is 0 Å². The van der Waals surface area contributed by atoms with Crippen LogP contribution in [0.5, 0.6) is 11.5 Å². The summed E-state index contributed by atoms with van der Waals surface area (Å²) in [5, 5.41) is 0. The van der Waals surface area contributed by atoms with E-state index in [1.54, 1.807) is 6.07 Å². The third-order valence-electron chi connectivity index (χ3n) is 4.10. The molecule has 1 saturated heterocycles. The first-order valence-corrected chi connectivity index (χ1v) is 9.44. The van der Waals surface area contributed by atoms with Crippen molar-refractivity contribution in [3.8, 4) is 11.5 Å². The standard InChI is InChI=1S/C16H21NO7S/c1-17(11-6-7-25(20,21)10-11)15(18)9-24-16(19)13-5-4-12(22-2)8-14(13)23-3/h4-5,8,11H,6-7,9-10H2,1-3H3. The summed E-state index contributed by atoms with van der Waals surface area (Å²) in [6, 6.07) is 4.22. The number of amides is 1. The van der Waals surface area contributed by atoms with Crippen LogP contribution in [0, 0.1) is 0 Å². The van der Waals surface area contributed by atoms with Crippen molar-refractivity contribution in [1.29, 1.82) is 0 Å². The number of hydrogen-bond acceptors (Lipinski definition) is 7. The number of carbonyl (C=O) groups excluding carboxylic acids is 2. The SMILES string of the molecule is COc1ccc(C(=O)OCC(=O)N(C)C2CCS(=O)(=O)C2)c(OC)c1. The summed E-state index contributed by atoms with van der Waals surface area (Å²) in [5.41, 5.74) is 0.169. The molecule has 1 aliphatic rings. The van der Waals surface area contributed by atoms with Gasteiger partial charge in [0.15, 0.2) is 16.4 Å². The first kappa shape index (κ1) is 19.0. The number of carbonyl (C=O) groups is 2. The van der Waals surface area contributed by atoms with E-state index in [-0.39, 0.29) is 28.9 Å². The summed E-state index contributed by atoms with van der Waals surface area (Å²) in [6.45, 7) is -0.471. The minimum Gasteiger partial charge on any atom is -0.497 e. The molecule has 1 atom stereocenters. The molecule has 0 aromatic heterocycles. The molecule has 25 heavy (non-hydrogen) atoms. The molecule has 0 spiro atoms. The van der Waals surface area contributed by atoms with Crippen molar-refractivity contribution in [3.05, 3.63) is 23.8 Å². The lowest BCUT2D eigenvalue weighted by Crippen LogP contribution is -2.40. The van der Waals surface area contributed by atoms with E-state index in [0.29, 0.717) is 12.2 Å². The third-order valence-corrected chi connectivity index (χ3v) is 5.86. The van der Waals surface area contributed by atoms with Gasteiger partial charge < -0.3 is 19.1 Å². The van der Waals surface area contributed by atoms with Gasteiger partial charge in [0.05, 0.1) is 25.7 Å². The highest BCUT2D eigenvalue weighted by molar-refractivity contribution is 7.91. The molecule has 1 aliphatic heterocycles. The second-order valence-electron chi connectivity index (χ2n) is 5.70. The second-order valence-corrected chi connectivity index (χ2v) is 7.93. The third kappa shape index (κ3) is 4.62. The summed E-state index contributed by atoms with van der Waals surface area (Å²) in [7, 11) is 1.31. The first-order valence-electron chi connectivity index (χ1n) is 7.62. The van der Waals surface area contributed by atoms with Gasteiger partial charge >= 0.3 is 5.97 Å². The molecule has 1 unspecified atom stereocenters. The summed E-state index contributed by atoms with van der Waals surface area (Å²) < 4.78 is 38.2. The molecule has 0 radical (unpaired) electrons. The van der Waals surface area contributed by atoms with E-state index in [9.17, 15) is 18.0 Å². The van der Waals surface area contributed by atoms with Crippen LogP contribution in [0.3, 0.4) is 0 Å². The Labute approximate surface area is 146 Å². The summed E-state index contributed by atoms with van der Waals surface area (Å²) in [4.78, 5) is 25.6. The van der Waals surface area contributed by atoms with Crippen LogP contribution in [0.4, 0.5) is 0 Å². The molecule has 0 bridgehead atoms. The number of sulfone groups is 1. The van der Waals surface area contributed by atoms with Crippen LogP contribution in [0.2, 0.25) is 0 Å². The predicted octanol–water partition coefficient (Wildman–Crippen LogP) is 0.506. The Morgan fingerprint density at radius 2 is 1.96 bits per heavy atom. The van der Waals surface area contributed by atoms with E-state index in [1.807, 2.05) is 0 Å². The molecule has 1 fully saturated rings. The van der Waals surface area contributed by atoms with Crippen LogP contribution in [0.15, 0.2) is 18.2 Å². The number of hydrogen-bond donors (Lipinski definition) is 0. The van der Waals surface area contributed by atoms with Gasteiger partial charge in [-0.25, -0.2) is 13.2 Å². The Morgan fingerprint density at radius 1 is 1.24 bits per heavy atom. The quantitative estimate of drug-likeness (QED) is 0.672. The molecule has 8 nitrogen and oxygen atoms in total. The molecule has 1 amide bonds. The lowest BCUT2D eigenvalue weighted by Gasteiger charge is -2.23. The topological polar surface area (TPSA) is 99.2 Å². The fraction of sp³-hybridized carbons (Fsp3) is 0.500. The van der Waals surface area contributed by atoms with Crippen LogP contribution in [0.1, 0.15) is 16.8 Å². The number of ether oxygens (including phenoxy) is 3. The maximum atomic E-state index is 12.2. The Hall–Kier alpha value is -2.29. The lowest BCUT2D eigenvalue weighted by atomic mass is 10.2. The molecular weight excluding hydrogens is 350 g/mol. The Bertz CT molecular complexity index is 760. The zero-order valence-corrected chi connectivity index (χ0v) is 15.2. The maximum absolute atomic E-state index is 12.2. The monoisotopic (exact) mass is 371 g/mol. The van der Waals surface area contributed by atoms with Crippen molar-refractivity contribution in [2.24, 2.45) is 0 Å². The van der Waals surface area contributed by atoms with E-state index in [1.165, 1.54) is 38.3 Å². The normalized spacial score (nSPS) is 18.4. The van der Waals surface area contributed by atoms with Crippen LogP contribution < -0.4 is 9.47 Å². The number of esters is 1. The van der Waals surface area contributed by atoms with Gasteiger partial charge in [0.25, 0.3) is 5.91 Å². The van der Waals surface area contributed by atoms with E-state index in [2.05, 4.69) is 0 Å². The molecule has 9 heteroatoms. The van der Waals surface area contributed by atoms with Crippen molar-refractivity contribution in [1.82, 2.24) is 4.90 Å². The second kappa shape index (κ2) is 7.73. The van der Waals surface area contributed by atoms with Crippen LogP contribution >= 0.6 is 0 Å². The number of rotatable bonds is 6. The lowest BCUT2D eigenvalue weighted by molar-refractivity contribution is -0.134. The van der Waals surface area contributed by atoms with Gasteiger partial charge in [-0.3, -0.25) is 4.79 Å². The smallest absolute Gasteiger partial charge is 0.342 e. The van der Waals surface area contributed by atoms with E-state index in [0.717, 1.165) is 0 Å². The van der Waals surface area contributed by atoms with Gasteiger partial charge in [-0.1, -0.05) is 0 Å². The van der Waals surface area contributed by atoms with Crippen molar-refractivity contribution in [2.75, 3.05) is 39.4 Å². The molecule has 1 aromatic rings. The van der Waals surface area contributed by atoms with Gasteiger partial charge in [0.1, 0.15) is 17.1 Å². The van der Waals surface area contributed by atoms with E-state index in [4.69, 9.17) is 14.2 Å². The fourth-order valence-corrected chi connectivity index (χ4v) is 4.33. The number of likely N-dealkylation sites (N-methyl/N-ethyl adjacent to an activating group) is 1. The predicted molar refractivity (Wildman–Crippen MR) is 89.7 cm³/mol. The minimum absolute atomic E-state index is 0.0600. The molecule has 0 aliphatic carbocycles. The number of methoxy groups -OCH3 is 2. The minimum atomic E-state index is -3.09. The fourth-order valence-electron chi connectivity index (χ4n) is 2.56. The van der Waals surface area contributed by atoms with Gasteiger partial charge in [-0.15, -0.1) is 0 Å². The average molecular weight is 371 g/mol. The van der Waals surface area contributed by atoms with Gasteiger partial charge in [-0.05, 0) is 18.6 Å². The van der Waals surface area contributed by atoms with E-state index >= 15 is 0 Å². The Balaban J connectivity index is 1.96. The summed E-state index contributed by atoms with van der Waals surface area (Å²) in [6.07, 6.45) is 0.394. The zero-order valence-electron chi connectivity index (χ0n) is 14.4. The van der Waals surface area contributed by atoms with Crippen LogP contribution in [-0.2, 0) is 19.4 Å². The highest BCUT2D eigenvalue weighted by atomic mass is 32.2. The summed E-state index contributed by atoms with van der Waals surface area (Å²) >= 11 is 0. The maximum Gasteiger partial charge on any atom is 0.342 e. The largest absolute Gasteiger partial charge is 0.497 e. The zero-order chi connectivity index (χ0) is 18.6. The highest BCUT2D eigenvalue weighted by Gasteiger charge is 2.33. The molecule has 0 N–H and O–H groups in total. The Kier molecular flexibility index (Phi) is 5.89. The van der Waals surface area contributed by atoms with Crippen LogP contribution in [-0.4, -0.2) is 70.6 Å². The average Bonchev–Trinajstić information content (AvgIpc) is 2.97. The van der Waals surface area contributed by atoms with Gasteiger partial charge in [0, 0.05) is 19.2 Å². The molecular formula is C16H21NO7S. The molecule has 138 valence electrons. The van der Waals surface area contributed by atoms with Gasteiger partial charge in [-0.2, -0.15) is 0 Å². The summed E-state index contributed by atoms with van der Waals surface area (Å²) in [5.74, 6) is -0.366. The highest BCUT2D eigenvalue weighted by Crippen LogP contribution is 2.25. The number of nitrogens with zero attached hydrogens (tertiary/aromatic N) is 1. The van der Waals surface area contributed by atoms with Crippen molar-refractivity contribution < 1.29 is 32.2 Å². The van der Waals surface area contributed by atoms with Crippen molar-refractivity contribution in [2.45, 2.75) is 12.5 Å². The molecule has 2 rings (SSSR count). The first-order chi connectivity index (χ1) is 11.8. The molecule has 1 heterocycles. The van der Waals surface area contributed by atoms with Gasteiger partial charge in [0.2, 0.25) is 0 Å². The Morgan fingerprint density at radius 3 is 2.52 bits per heavy atom. The molecule has 1 aromatic carbocycles. The van der Waals surface area contributed by atoms with E-state index < -0.39 is 28.3 Å².